The number of hydrogen-bond acceptors (Lipinski definition) is 9. The number of unbranched alkanes of at least 4 members (excludes halogenated alkanes) is 1. The molecule has 244 valence electrons. The molecule has 9 heteroatoms. The molecule has 0 radical (unpaired) electrons. The fourth-order valence-corrected chi connectivity index (χ4v) is 5.47. The lowest BCUT2D eigenvalue weighted by Gasteiger charge is -2.36. The molecule has 1 aliphatic carbocycles. The normalized spacial score (nSPS) is 17.6. The number of fused-ring (bicyclic) bond motifs is 1. The zero-order valence-corrected chi connectivity index (χ0v) is 26.9. The van der Waals surface area contributed by atoms with Gasteiger partial charge in [0.05, 0.1) is 24.3 Å². The summed E-state index contributed by atoms with van der Waals surface area (Å²) in [6.07, 6.45) is 3.18. The third-order valence-electron chi connectivity index (χ3n) is 8.11. The molecule has 1 fully saturated rings. The fraction of sp³-hybridized carbons (Fsp3) is 0.405. The van der Waals surface area contributed by atoms with Gasteiger partial charge in [-0.1, -0.05) is 45.9 Å². The van der Waals surface area contributed by atoms with Crippen LogP contribution >= 0.6 is 0 Å². The lowest BCUT2D eigenvalue weighted by atomic mass is 9.75. The highest BCUT2D eigenvalue weighted by Crippen LogP contribution is 2.36. The SMILES string of the molecule is C=C(C)C(=O)OCCCCOC(=O)Oc1ccc(OC(=O)c2ccc3cc(C(=O)OC4CC(C)CCC4C(C)C)ccc3c2)cc1. The number of benzene rings is 3. The summed E-state index contributed by atoms with van der Waals surface area (Å²) >= 11 is 0. The Morgan fingerprint density at radius 2 is 1.35 bits per heavy atom. The molecule has 0 heterocycles. The minimum Gasteiger partial charge on any atom is -0.462 e. The first-order valence-electron chi connectivity index (χ1n) is 15.7. The second-order valence-electron chi connectivity index (χ2n) is 12.2. The first-order chi connectivity index (χ1) is 22.0. The van der Waals surface area contributed by atoms with E-state index in [1.54, 1.807) is 43.3 Å². The van der Waals surface area contributed by atoms with E-state index in [9.17, 15) is 19.2 Å². The van der Waals surface area contributed by atoms with Crippen LogP contribution in [0.2, 0.25) is 0 Å². The predicted octanol–water partition coefficient (Wildman–Crippen LogP) is 8.09. The van der Waals surface area contributed by atoms with Crippen LogP contribution in [0.25, 0.3) is 10.8 Å². The maximum absolute atomic E-state index is 13.1. The van der Waals surface area contributed by atoms with Crippen molar-refractivity contribution in [3.8, 4) is 11.5 Å². The van der Waals surface area contributed by atoms with Gasteiger partial charge in [0.1, 0.15) is 17.6 Å². The molecule has 0 N–H and O–H groups in total. The van der Waals surface area contributed by atoms with Crippen LogP contribution in [0.15, 0.2) is 72.8 Å². The van der Waals surface area contributed by atoms with Crippen LogP contribution in [0.4, 0.5) is 4.79 Å². The maximum atomic E-state index is 13.1. The summed E-state index contributed by atoms with van der Waals surface area (Å²) in [6, 6.07) is 16.4. The highest BCUT2D eigenvalue weighted by Gasteiger charge is 2.33. The number of carbonyl (C=O) groups excluding carboxylic acids is 4. The Hall–Kier alpha value is -4.66. The van der Waals surface area contributed by atoms with Crippen molar-refractivity contribution in [1.82, 2.24) is 0 Å². The Balaban J connectivity index is 1.26. The van der Waals surface area contributed by atoms with Gasteiger partial charge in [-0.15, -0.1) is 0 Å². The number of rotatable bonds is 12. The summed E-state index contributed by atoms with van der Waals surface area (Å²) in [6.45, 7) is 12.0. The Bertz CT molecular complexity index is 1560. The Kier molecular flexibility index (Phi) is 11.9. The van der Waals surface area contributed by atoms with Gasteiger partial charge in [-0.05, 0) is 110 Å². The van der Waals surface area contributed by atoms with Gasteiger partial charge in [0, 0.05) is 5.57 Å². The third-order valence-corrected chi connectivity index (χ3v) is 8.11. The van der Waals surface area contributed by atoms with Crippen molar-refractivity contribution >= 4 is 34.8 Å². The monoisotopic (exact) mass is 630 g/mol. The van der Waals surface area contributed by atoms with Crippen LogP contribution in [-0.2, 0) is 19.0 Å². The molecule has 1 aliphatic rings. The van der Waals surface area contributed by atoms with E-state index < -0.39 is 18.1 Å². The number of esters is 3. The summed E-state index contributed by atoms with van der Waals surface area (Å²) in [4.78, 5) is 49.2. The topological polar surface area (TPSA) is 114 Å². The first kappa shape index (κ1) is 34.2. The second-order valence-corrected chi connectivity index (χ2v) is 12.2. The van der Waals surface area contributed by atoms with E-state index in [4.69, 9.17) is 23.7 Å². The molecule has 0 aliphatic heterocycles. The van der Waals surface area contributed by atoms with Crippen LogP contribution in [0.3, 0.4) is 0 Å². The van der Waals surface area contributed by atoms with Crippen molar-refractivity contribution in [2.45, 2.75) is 65.9 Å². The molecule has 0 amide bonds. The van der Waals surface area contributed by atoms with Crippen molar-refractivity contribution < 1.29 is 42.9 Å². The molecule has 0 saturated heterocycles. The molecule has 3 unspecified atom stereocenters. The van der Waals surface area contributed by atoms with Crippen molar-refractivity contribution in [2.75, 3.05) is 13.2 Å². The van der Waals surface area contributed by atoms with Gasteiger partial charge in [0.2, 0.25) is 0 Å². The molecule has 1 saturated carbocycles. The van der Waals surface area contributed by atoms with Crippen LogP contribution in [-0.4, -0.2) is 43.4 Å². The van der Waals surface area contributed by atoms with Gasteiger partial charge in [-0.2, -0.15) is 0 Å². The molecule has 0 aromatic heterocycles. The van der Waals surface area contributed by atoms with Crippen LogP contribution in [0.1, 0.15) is 80.5 Å². The molecule has 3 atom stereocenters. The average molecular weight is 631 g/mol. The molecule has 3 aromatic rings. The lowest BCUT2D eigenvalue weighted by molar-refractivity contribution is -0.139. The smallest absolute Gasteiger partial charge is 0.462 e. The minimum absolute atomic E-state index is 0.0821. The van der Waals surface area contributed by atoms with Gasteiger partial charge < -0.3 is 23.7 Å². The van der Waals surface area contributed by atoms with Crippen LogP contribution < -0.4 is 9.47 Å². The summed E-state index contributed by atoms with van der Waals surface area (Å²) in [5.41, 5.74) is 1.15. The first-order valence-corrected chi connectivity index (χ1v) is 15.7. The molecule has 0 bridgehead atoms. The second kappa shape index (κ2) is 16.1. The van der Waals surface area contributed by atoms with E-state index in [1.165, 1.54) is 24.3 Å². The summed E-state index contributed by atoms with van der Waals surface area (Å²) < 4.78 is 26.7. The van der Waals surface area contributed by atoms with Gasteiger partial charge in [0.25, 0.3) is 0 Å². The minimum atomic E-state index is -0.875. The zero-order chi connectivity index (χ0) is 33.2. The van der Waals surface area contributed by atoms with Crippen molar-refractivity contribution in [1.29, 1.82) is 0 Å². The predicted molar refractivity (Wildman–Crippen MR) is 173 cm³/mol. The Morgan fingerprint density at radius 1 is 0.783 bits per heavy atom. The van der Waals surface area contributed by atoms with E-state index in [-0.39, 0.29) is 36.8 Å². The van der Waals surface area contributed by atoms with Crippen molar-refractivity contribution in [2.24, 2.45) is 17.8 Å². The van der Waals surface area contributed by atoms with E-state index in [0.29, 0.717) is 47.3 Å². The average Bonchev–Trinajstić information content (AvgIpc) is 3.02. The highest BCUT2D eigenvalue weighted by molar-refractivity contribution is 5.99. The van der Waals surface area contributed by atoms with E-state index >= 15 is 0 Å². The van der Waals surface area contributed by atoms with Gasteiger partial charge in [-0.25, -0.2) is 19.2 Å². The molecule has 46 heavy (non-hydrogen) atoms. The van der Waals surface area contributed by atoms with Crippen molar-refractivity contribution in [3.05, 3.63) is 83.9 Å². The molecule has 4 rings (SSSR count). The van der Waals surface area contributed by atoms with Gasteiger partial charge in [-0.3, -0.25) is 0 Å². The van der Waals surface area contributed by atoms with Crippen LogP contribution in [0, 0.1) is 17.8 Å². The Labute approximate surface area is 269 Å². The zero-order valence-electron chi connectivity index (χ0n) is 26.9. The molecule has 3 aromatic carbocycles. The molecule has 9 nitrogen and oxygen atoms in total. The standard InChI is InChI=1S/C37H42O9/c1-23(2)32-17-8-25(5)20-33(32)46-36(40)29-12-10-26-21-28(11-9-27(26)22-29)35(39)44-30-13-15-31(16-14-30)45-37(41)43-19-7-6-18-42-34(38)24(3)4/h9-16,21-23,25,32-33H,3,6-8,17-20H2,1-2,4-5H3. The van der Waals surface area contributed by atoms with Crippen LogP contribution in [0.5, 0.6) is 11.5 Å². The van der Waals surface area contributed by atoms with E-state index in [1.807, 2.05) is 0 Å². The molecular weight excluding hydrogens is 588 g/mol. The largest absolute Gasteiger partial charge is 0.513 e. The highest BCUT2D eigenvalue weighted by atomic mass is 16.7. The van der Waals surface area contributed by atoms with E-state index in [0.717, 1.165) is 30.0 Å². The lowest BCUT2D eigenvalue weighted by Crippen LogP contribution is -2.35. The van der Waals surface area contributed by atoms with Gasteiger partial charge >= 0.3 is 24.1 Å². The fourth-order valence-electron chi connectivity index (χ4n) is 5.47. The quantitative estimate of drug-likeness (QED) is 0.0489. The third kappa shape index (κ3) is 9.67. The number of ether oxygens (including phenoxy) is 5. The summed E-state index contributed by atoms with van der Waals surface area (Å²) in [5.74, 6) is 0.501. The number of hydrogen-bond donors (Lipinski definition) is 0. The number of carbonyl (C=O) groups is 4. The summed E-state index contributed by atoms with van der Waals surface area (Å²) in [7, 11) is 0. The van der Waals surface area contributed by atoms with Crippen molar-refractivity contribution in [3.63, 3.8) is 0 Å². The van der Waals surface area contributed by atoms with E-state index in [2.05, 4.69) is 27.4 Å². The molecular formula is C37H42O9. The maximum Gasteiger partial charge on any atom is 0.513 e. The molecule has 0 spiro atoms. The van der Waals surface area contributed by atoms with Gasteiger partial charge in [0.15, 0.2) is 0 Å². The summed E-state index contributed by atoms with van der Waals surface area (Å²) in [5, 5.41) is 1.59. The Morgan fingerprint density at radius 3 is 1.93 bits per heavy atom.